The van der Waals surface area contributed by atoms with Gasteiger partial charge < -0.3 is 27.0 Å². The zero-order chi connectivity index (χ0) is 11.8. The molecule has 1 fully saturated rings. The molecule has 1 aliphatic rings. The molecule has 6 N–H and O–H groups in total. The van der Waals surface area contributed by atoms with Crippen LogP contribution in [-0.4, -0.2) is 57.1 Å². The molecule has 0 aromatic heterocycles. The van der Waals surface area contributed by atoms with Crippen LogP contribution in [0.4, 0.5) is 0 Å². The number of nitrogens with one attached hydrogen (secondary N) is 4. The zero-order valence-corrected chi connectivity index (χ0v) is 9.21. The van der Waals surface area contributed by atoms with Crippen molar-refractivity contribution in [1.82, 2.24) is 21.3 Å². The maximum atomic E-state index is 11.4. The fraction of sp³-hybridized carbons (Fsp3) is 0.778. The predicted molar refractivity (Wildman–Crippen MR) is 59.7 cm³/mol. The van der Waals surface area contributed by atoms with Crippen molar-refractivity contribution >= 4 is 11.8 Å². The second-order valence-corrected chi connectivity index (χ2v) is 3.56. The second-order valence-electron chi connectivity index (χ2n) is 3.56. The summed E-state index contributed by atoms with van der Waals surface area (Å²) in [6.07, 6.45) is 0. The van der Waals surface area contributed by atoms with Crippen LogP contribution in [0.1, 0.15) is 0 Å². The summed E-state index contributed by atoms with van der Waals surface area (Å²) in [7, 11) is 0. The molecule has 0 saturated carbocycles. The Morgan fingerprint density at radius 3 is 1.62 bits per heavy atom. The normalized spacial score (nSPS) is 22.3. The highest BCUT2D eigenvalue weighted by Crippen LogP contribution is 1.80. The van der Waals surface area contributed by atoms with Crippen LogP contribution in [0.15, 0.2) is 0 Å². The SMILES string of the molecule is NC1C(=O)NCCNCCNCCNC1=O. The summed E-state index contributed by atoms with van der Waals surface area (Å²) in [5.41, 5.74) is 5.48. The van der Waals surface area contributed by atoms with E-state index in [1.165, 1.54) is 0 Å². The average molecular weight is 229 g/mol. The predicted octanol–water partition coefficient (Wildman–Crippen LogP) is -3.26. The van der Waals surface area contributed by atoms with Crippen LogP contribution in [0, 0.1) is 0 Å². The molecule has 0 aliphatic carbocycles. The quantitative estimate of drug-likeness (QED) is 0.280. The maximum Gasteiger partial charge on any atom is 0.246 e. The van der Waals surface area contributed by atoms with Crippen molar-refractivity contribution in [1.29, 1.82) is 0 Å². The Morgan fingerprint density at radius 1 is 0.812 bits per heavy atom. The fourth-order valence-electron chi connectivity index (χ4n) is 1.31. The molecule has 0 atom stereocenters. The number of carbonyl (C=O) groups is 2. The largest absolute Gasteiger partial charge is 0.353 e. The van der Waals surface area contributed by atoms with E-state index in [1.54, 1.807) is 0 Å². The summed E-state index contributed by atoms with van der Waals surface area (Å²) >= 11 is 0. The van der Waals surface area contributed by atoms with E-state index in [1.807, 2.05) is 0 Å². The van der Waals surface area contributed by atoms with Gasteiger partial charge in [-0.1, -0.05) is 0 Å². The first-order valence-electron chi connectivity index (χ1n) is 5.44. The average Bonchev–Trinajstić information content (AvgIpc) is 2.29. The van der Waals surface area contributed by atoms with Gasteiger partial charge in [0.25, 0.3) is 0 Å². The maximum absolute atomic E-state index is 11.4. The van der Waals surface area contributed by atoms with Gasteiger partial charge in [0.2, 0.25) is 11.8 Å². The molecule has 7 nitrogen and oxygen atoms in total. The van der Waals surface area contributed by atoms with Gasteiger partial charge in [-0.05, 0) is 0 Å². The van der Waals surface area contributed by atoms with Crippen LogP contribution in [0.3, 0.4) is 0 Å². The molecule has 1 heterocycles. The lowest BCUT2D eigenvalue weighted by Gasteiger charge is -2.11. The van der Waals surface area contributed by atoms with E-state index in [0.717, 1.165) is 13.1 Å². The Bertz CT molecular complexity index is 222. The summed E-state index contributed by atoms with van der Waals surface area (Å²) in [5.74, 6) is -0.877. The highest BCUT2D eigenvalue weighted by atomic mass is 16.2. The molecule has 92 valence electrons. The molecule has 0 spiro atoms. The third-order valence-corrected chi connectivity index (χ3v) is 2.25. The molecule has 2 amide bonds. The molecule has 0 aromatic rings. The molecule has 0 radical (unpaired) electrons. The van der Waals surface area contributed by atoms with Crippen molar-refractivity contribution < 1.29 is 9.59 Å². The number of hydrogen-bond donors (Lipinski definition) is 5. The standard InChI is InChI=1S/C9H19N5O2/c10-7-8(15)13-5-3-11-1-2-12-4-6-14-9(7)16/h7,11-12H,1-6,10H2,(H,13,15)(H,14,16). The minimum absolute atomic E-state index is 0.438. The van der Waals surface area contributed by atoms with E-state index in [4.69, 9.17) is 5.73 Å². The highest BCUT2D eigenvalue weighted by molar-refractivity contribution is 6.04. The fourth-order valence-corrected chi connectivity index (χ4v) is 1.31. The van der Waals surface area contributed by atoms with Gasteiger partial charge in [-0.25, -0.2) is 0 Å². The van der Waals surface area contributed by atoms with Crippen molar-refractivity contribution in [3.63, 3.8) is 0 Å². The molecule has 7 heteroatoms. The Balaban J connectivity index is 2.42. The van der Waals surface area contributed by atoms with Crippen LogP contribution in [0.2, 0.25) is 0 Å². The van der Waals surface area contributed by atoms with E-state index < -0.39 is 17.9 Å². The Morgan fingerprint density at radius 2 is 1.19 bits per heavy atom. The topological polar surface area (TPSA) is 108 Å². The number of amides is 2. The van der Waals surface area contributed by atoms with E-state index in [0.29, 0.717) is 26.2 Å². The van der Waals surface area contributed by atoms with E-state index >= 15 is 0 Å². The van der Waals surface area contributed by atoms with Crippen LogP contribution in [0.25, 0.3) is 0 Å². The Hall–Kier alpha value is -1.18. The number of rotatable bonds is 0. The van der Waals surface area contributed by atoms with Gasteiger partial charge in [0, 0.05) is 39.3 Å². The van der Waals surface area contributed by atoms with Crippen molar-refractivity contribution in [2.75, 3.05) is 39.3 Å². The molecule has 1 saturated heterocycles. The number of carbonyl (C=O) groups excluding carboxylic acids is 2. The summed E-state index contributed by atoms with van der Waals surface area (Å²) in [4.78, 5) is 22.8. The van der Waals surface area contributed by atoms with Crippen molar-refractivity contribution in [2.45, 2.75) is 6.04 Å². The zero-order valence-electron chi connectivity index (χ0n) is 9.21. The van der Waals surface area contributed by atoms with Gasteiger partial charge in [-0.3, -0.25) is 9.59 Å². The van der Waals surface area contributed by atoms with Crippen LogP contribution in [-0.2, 0) is 9.59 Å². The molecular weight excluding hydrogens is 210 g/mol. The Labute approximate surface area is 94.5 Å². The summed E-state index contributed by atoms with van der Waals surface area (Å²) in [6, 6.07) is -1.12. The minimum atomic E-state index is -1.12. The smallest absolute Gasteiger partial charge is 0.246 e. The van der Waals surface area contributed by atoms with Gasteiger partial charge >= 0.3 is 0 Å². The van der Waals surface area contributed by atoms with Crippen LogP contribution >= 0.6 is 0 Å². The van der Waals surface area contributed by atoms with Crippen LogP contribution < -0.4 is 27.0 Å². The monoisotopic (exact) mass is 229 g/mol. The highest BCUT2D eigenvalue weighted by Gasteiger charge is 2.20. The minimum Gasteiger partial charge on any atom is -0.353 e. The van der Waals surface area contributed by atoms with E-state index in [-0.39, 0.29) is 0 Å². The summed E-state index contributed by atoms with van der Waals surface area (Å²) < 4.78 is 0. The first-order chi connectivity index (χ1) is 7.72. The van der Waals surface area contributed by atoms with Gasteiger partial charge in [0.05, 0.1) is 0 Å². The first kappa shape index (κ1) is 12.9. The van der Waals surface area contributed by atoms with Crippen molar-refractivity contribution in [2.24, 2.45) is 5.73 Å². The Kier molecular flexibility index (Phi) is 5.76. The van der Waals surface area contributed by atoms with Gasteiger partial charge in [0.15, 0.2) is 6.04 Å². The molecule has 1 aliphatic heterocycles. The summed E-state index contributed by atoms with van der Waals surface area (Å²) in [6.45, 7) is 3.94. The van der Waals surface area contributed by atoms with Gasteiger partial charge in [0.1, 0.15) is 0 Å². The molecule has 0 unspecified atom stereocenters. The van der Waals surface area contributed by atoms with Crippen LogP contribution in [0.5, 0.6) is 0 Å². The molecule has 0 aromatic carbocycles. The molecule has 16 heavy (non-hydrogen) atoms. The molecule has 0 bridgehead atoms. The van der Waals surface area contributed by atoms with E-state index in [9.17, 15) is 9.59 Å². The second kappa shape index (κ2) is 7.15. The lowest BCUT2D eigenvalue weighted by Crippen LogP contribution is -2.52. The first-order valence-corrected chi connectivity index (χ1v) is 5.44. The molecule has 1 rings (SSSR count). The van der Waals surface area contributed by atoms with Crippen molar-refractivity contribution in [3.8, 4) is 0 Å². The lowest BCUT2D eigenvalue weighted by atomic mass is 10.2. The number of nitrogens with two attached hydrogens (primary N) is 1. The van der Waals surface area contributed by atoms with Crippen molar-refractivity contribution in [3.05, 3.63) is 0 Å². The third-order valence-electron chi connectivity index (χ3n) is 2.25. The third kappa shape index (κ3) is 4.56. The number of hydrogen-bond acceptors (Lipinski definition) is 5. The summed E-state index contributed by atoms with van der Waals surface area (Å²) in [5, 5.41) is 11.5. The molecular formula is C9H19N5O2. The lowest BCUT2D eigenvalue weighted by molar-refractivity contribution is -0.131. The van der Waals surface area contributed by atoms with Gasteiger partial charge in [-0.15, -0.1) is 0 Å². The van der Waals surface area contributed by atoms with E-state index in [2.05, 4.69) is 21.3 Å². The van der Waals surface area contributed by atoms with Gasteiger partial charge in [-0.2, -0.15) is 0 Å².